The maximum absolute atomic E-state index is 14.5. The molecule has 0 fully saturated rings. The van der Waals surface area contributed by atoms with Crippen LogP contribution < -0.4 is 20.8 Å². The maximum Gasteiger partial charge on any atom is 0.310 e. The SMILES string of the molecule is CC(=O)[O-].CC(=O)[O-].CC[C@H]1c2cc3[nH]c(c(CC(=O)OC)c4nc(cc5[nH]c(cc(n2)[C@@H]1C)c(C(C)=O)c5C)[C@@H](C)[C@@H]4CCC(=O)NCCC[N+](C)(C)C)c(C(=O)NCCC[N+](C)(C)C)c3C. The number of aromatic nitrogens is 4. The number of carbonyl (C=O) groups is 6. The first-order valence-corrected chi connectivity index (χ1v) is 23.5. The number of aromatic amines is 2. The lowest BCUT2D eigenvalue weighted by atomic mass is 9.85. The minimum Gasteiger partial charge on any atom is -0.550 e. The van der Waals surface area contributed by atoms with Crippen LogP contribution in [0.2, 0.25) is 0 Å². The van der Waals surface area contributed by atoms with Crippen molar-refractivity contribution in [3.8, 4) is 0 Å². The molecular weight excluding hydrogens is 869 g/mol. The summed E-state index contributed by atoms with van der Waals surface area (Å²) in [5.74, 6) is -3.28. The molecule has 5 heterocycles. The third-order valence-corrected chi connectivity index (χ3v) is 12.3. The van der Waals surface area contributed by atoms with Gasteiger partial charge in [0, 0.05) is 107 Å². The van der Waals surface area contributed by atoms with Gasteiger partial charge in [0.05, 0.1) is 91.2 Å². The van der Waals surface area contributed by atoms with Crippen LogP contribution in [0.15, 0.2) is 18.2 Å². The van der Waals surface area contributed by atoms with Crippen LogP contribution in [-0.4, -0.2) is 140 Å². The van der Waals surface area contributed by atoms with Crippen molar-refractivity contribution < 1.29 is 52.7 Å². The minimum absolute atomic E-state index is 0.0469. The number of H-pyrrole nitrogens is 2. The molecule has 3 aromatic heterocycles. The molecule has 8 bridgehead atoms. The molecule has 5 rings (SSSR count). The van der Waals surface area contributed by atoms with E-state index in [4.69, 9.17) is 34.5 Å². The van der Waals surface area contributed by atoms with Crippen LogP contribution in [0.1, 0.15) is 158 Å². The summed E-state index contributed by atoms with van der Waals surface area (Å²) in [5, 5.41) is 24.1. The first-order valence-electron chi connectivity index (χ1n) is 23.5. The number of Topliss-reactive ketones (excluding diaryl/α,β-unsaturated/α-hetero) is 1. The molecule has 17 nitrogen and oxygen atoms in total. The first-order chi connectivity index (χ1) is 31.6. The number of carboxylic acid groups (broad SMARTS) is 2. The highest BCUT2D eigenvalue weighted by molar-refractivity contribution is 6.06. The van der Waals surface area contributed by atoms with Gasteiger partial charge in [0.2, 0.25) is 5.91 Å². The molecular formula is C51H76N8O9. The number of ether oxygens (including phenoxy) is 1. The Morgan fingerprint density at radius 1 is 0.706 bits per heavy atom. The van der Waals surface area contributed by atoms with E-state index < -0.39 is 17.9 Å². The highest BCUT2D eigenvalue weighted by Crippen LogP contribution is 2.43. The van der Waals surface area contributed by atoms with E-state index in [1.54, 1.807) is 6.92 Å². The van der Waals surface area contributed by atoms with E-state index in [1.807, 2.05) is 32.0 Å². The molecule has 2 amide bonds. The molecule has 0 unspecified atom stereocenters. The quantitative estimate of drug-likeness (QED) is 0.0681. The number of esters is 1. The average molecular weight is 945 g/mol. The Kier molecular flexibility index (Phi) is 20.2. The van der Waals surface area contributed by atoms with E-state index in [0.29, 0.717) is 52.9 Å². The van der Waals surface area contributed by atoms with Crippen LogP contribution >= 0.6 is 0 Å². The lowest BCUT2D eigenvalue weighted by molar-refractivity contribution is -0.870. The van der Waals surface area contributed by atoms with E-state index >= 15 is 0 Å². The maximum atomic E-state index is 14.5. The van der Waals surface area contributed by atoms with Crippen LogP contribution in [0.5, 0.6) is 0 Å². The molecule has 0 saturated carbocycles. The van der Waals surface area contributed by atoms with Crippen LogP contribution in [-0.2, 0) is 30.3 Å². The second-order valence-electron chi connectivity index (χ2n) is 20.0. The standard InChI is InChI=1S/C47H68N8O5.2C2H4O2/c1-14-32-27(2)35-26-40-43(31(6)56)29(4)37(51-40)24-36-28(3)33(17-18-41(57)48-19-15-21-54(7,8)9)45(52-36)34(23-42(58)60-13)46-44(30(5)38(53-46)25-39(32)50-35)47(59)49-20-16-22-55(10,11)12;2*1-2(3)4/h24-28,32-33H,14-23H2,1-13H3,(H2-2,48,49,50,51,52,53,56,57,59);2*1H3,(H,3,4)/t27-,28+,32-,33+;;/m1../s1. The van der Waals surface area contributed by atoms with E-state index in [0.717, 1.165) is 94.4 Å². The van der Waals surface area contributed by atoms with Gasteiger partial charge >= 0.3 is 5.97 Å². The van der Waals surface area contributed by atoms with E-state index in [9.17, 15) is 19.2 Å². The van der Waals surface area contributed by atoms with Gasteiger partial charge in [-0.25, -0.2) is 0 Å². The summed E-state index contributed by atoms with van der Waals surface area (Å²) in [5.41, 5.74) is 8.96. The van der Waals surface area contributed by atoms with Gasteiger partial charge in [-0.15, -0.1) is 0 Å². The topological polar surface area (TPSA) is 239 Å². The second kappa shape index (κ2) is 24.4. The minimum atomic E-state index is -1.08. The molecule has 0 radical (unpaired) electrons. The molecule has 3 aromatic rings. The van der Waals surface area contributed by atoms with Gasteiger partial charge < -0.3 is 54.1 Å². The number of nitrogens with one attached hydrogen (secondary N) is 4. The summed E-state index contributed by atoms with van der Waals surface area (Å²) in [6, 6.07) is 6.02. The van der Waals surface area contributed by atoms with E-state index in [2.05, 4.69) is 83.7 Å². The van der Waals surface area contributed by atoms with Crippen LogP contribution in [0.3, 0.4) is 0 Å². The van der Waals surface area contributed by atoms with Crippen molar-refractivity contribution >= 4 is 57.6 Å². The summed E-state index contributed by atoms with van der Waals surface area (Å²) >= 11 is 0. The number of ketones is 1. The summed E-state index contributed by atoms with van der Waals surface area (Å²) in [7, 11) is 14.1. The first kappa shape index (κ1) is 56.4. The van der Waals surface area contributed by atoms with Gasteiger partial charge in [0.25, 0.3) is 5.91 Å². The smallest absolute Gasteiger partial charge is 0.310 e. The molecule has 4 atom stereocenters. The third-order valence-electron chi connectivity index (χ3n) is 12.3. The van der Waals surface area contributed by atoms with Crippen LogP contribution in [0.25, 0.3) is 22.1 Å². The van der Waals surface area contributed by atoms with Crippen molar-refractivity contribution in [3.63, 3.8) is 0 Å². The lowest BCUT2D eigenvalue weighted by Gasteiger charge is -2.23. The molecule has 0 aromatic carbocycles. The zero-order valence-corrected chi connectivity index (χ0v) is 43.1. The largest absolute Gasteiger partial charge is 0.550 e. The Bertz CT molecular complexity index is 2470. The number of carboxylic acids is 2. The molecule has 2 aliphatic rings. The summed E-state index contributed by atoms with van der Waals surface area (Å²) in [6.45, 7) is 16.7. The Balaban J connectivity index is 0.00000142. The number of aliphatic carboxylic acids is 2. The Hall–Kier alpha value is -5.94. The summed E-state index contributed by atoms with van der Waals surface area (Å²) in [6.07, 6.45) is 3.05. The average Bonchev–Trinajstić information content (AvgIpc) is 3.91. The van der Waals surface area contributed by atoms with E-state index in [1.165, 1.54) is 7.11 Å². The Morgan fingerprint density at radius 3 is 1.72 bits per heavy atom. The number of aryl methyl sites for hydroxylation is 2. The predicted octanol–water partition coefficient (Wildman–Crippen LogP) is 4.37. The highest BCUT2D eigenvalue weighted by Gasteiger charge is 2.34. The number of nitrogens with zero attached hydrogens (tertiary/aromatic N) is 4. The summed E-state index contributed by atoms with van der Waals surface area (Å²) < 4.78 is 6.89. The number of quaternary nitrogens is 2. The monoisotopic (exact) mass is 945 g/mol. The molecule has 0 spiro atoms. The van der Waals surface area contributed by atoms with Crippen molar-refractivity contribution in [2.45, 2.75) is 118 Å². The fraction of sp³-hybridized carbons (Fsp3) is 0.569. The second-order valence-corrected chi connectivity index (χ2v) is 20.0. The number of methoxy groups -OCH3 is 1. The van der Waals surface area contributed by atoms with Crippen molar-refractivity contribution in [1.29, 1.82) is 0 Å². The normalized spacial score (nSPS) is 16.6. The van der Waals surface area contributed by atoms with Crippen LogP contribution in [0, 0.1) is 13.8 Å². The fourth-order valence-electron chi connectivity index (χ4n) is 8.85. The van der Waals surface area contributed by atoms with Gasteiger partial charge in [-0.2, -0.15) is 0 Å². The number of rotatable bonds is 16. The predicted molar refractivity (Wildman–Crippen MR) is 260 cm³/mol. The van der Waals surface area contributed by atoms with E-state index in [-0.39, 0.29) is 54.1 Å². The van der Waals surface area contributed by atoms with Gasteiger partial charge in [-0.1, -0.05) is 20.8 Å². The number of carbonyl (C=O) groups excluding carboxylic acids is 6. The molecule has 17 heteroatoms. The molecule has 0 aliphatic carbocycles. The molecule has 68 heavy (non-hydrogen) atoms. The van der Waals surface area contributed by atoms with Crippen molar-refractivity contribution in [3.05, 3.63) is 68.8 Å². The number of fused-ring (bicyclic) bond motifs is 8. The number of amides is 2. The highest BCUT2D eigenvalue weighted by atomic mass is 16.5. The molecule has 0 saturated heterocycles. The zero-order chi connectivity index (χ0) is 51.4. The lowest BCUT2D eigenvalue weighted by Crippen LogP contribution is -2.37. The molecule has 2 aliphatic heterocycles. The van der Waals surface area contributed by atoms with Gasteiger partial charge in [-0.05, 0) is 76.8 Å². The Labute approximate surface area is 401 Å². The zero-order valence-electron chi connectivity index (χ0n) is 43.1. The molecule has 4 N–H and O–H groups in total. The van der Waals surface area contributed by atoms with Crippen molar-refractivity contribution in [2.75, 3.05) is 75.6 Å². The van der Waals surface area contributed by atoms with Crippen molar-refractivity contribution in [2.24, 2.45) is 0 Å². The van der Waals surface area contributed by atoms with Gasteiger partial charge in [-0.3, -0.25) is 29.1 Å². The van der Waals surface area contributed by atoms with Crippen LogP contribution in [0.4, 0.5) is 0 Å². The number of hydrogen-bond acceptors (Lipinski definition) is 11. The Morgan fingerprint density at radius 2 is 1.19 bits per heavy atom. The van der Waals surface area contributed by atoms with Gasteiger partial charge in [0.15, 0.2) is 5.78 Å². The third kappa shape index (κ3) is 15.8. The number of hydrogen-bond donors (Lipinski definition) is 4. The molecule has 374 valence electrons. The van der Waals surface area contributed by atoms with Crippen molar-refractivity contribution in [1.82, 2.24) is 30.6 Å². The fourth-order valence-corrected chi connectivity index (χ4v) is 8.85. The summed E-state index contributed by atoms with van der Waals surface area (Å²) in [4.78, 5) is 90.0. The van der Waals surface area contributed by atoms with Gasteiger partial charge in [0.1, 0.15) is 0 Å².